The smallest absolute Gasteiger partial charge is 0.0621 e. The van der Waals surface area contributed by atoms with Crippen molar-refractivity contribution in [2.75, 3.05) is 26.3 Å². The maximum Gasteiger partial charge on any atom is 0.0621 e. The average molecular weight is 392 g/mol. The third kappa shape index (κ3) is 8.55. The lowest BCUT2D eigenvalue weighted by molar-refractivity contribution is -0.0636. The van der Waals surface area contributed by atoms with Crippen LogP contribution in [0.2, 0.25) is 0 Å². The van der Waals surface area contributed by atoms with Crippen molar-refractivity contribution in [3.8, 4) is 0 Å². The minimum absolute atomic E-state index is 0.497. The number of piperidine rings is 1. The highest BCUT2D eigenvalue weighted by Gasteiger charge is 2.26. The van der Waals surface area contributed by atoms with Crippen molar-refractivity contribution >= 4 is 0 Å². The summed E-state index contributed by atoms with van der Waals surface area (Å²) in [5.74, 6) is 0. The van der Waals surface area contributed by atoms with Gasteiger partial charge in [-0.1, -0.05) is 37.8 Å². The second-order valence-electron chi connectivity index (χ2n) is 9.32. The molecular formula is C25H45NO2. The summed E-state index contributed by atoms with van der Waals surface area (Å²) in [5.41, 5.74) is 0. The Morgan fingerprint density at radius 2 is 1.32 bits per heavy atom. The zero-order valence-corrected chi connectivity index (χ0v) is 18.3. The van der Waals surface area contributed by atoms with Crippen LogP contribution in [0, 0.1) is 0 Å². The molecule has 0 aromatic carbocycles. The predicted octanol–water partition coefficient (Wildman–Crippen LogP) is 6.27. The summed E-state index contributed by atoms with van der Waals surface area (Å²) in [6, 6.07) is 0.646. The van der Waals surface area contributed by atoms with Crippen molar-refractivity contribution in [3.63, 3.8) is 0 Å². The highest BCUT2D eigenvalue weighted by molar-refractivity contribution is 4.82. The Kier molecular flexibility index (Phi) is 11.0. The molecule has 0 saturated carbocycles. The van der Waals surface area contributed by atoms with Crippen molar-refractivity contribution in [2.24, 2.45) is 0 Å². The van der Waals surface area contributed by atoms with E-state index in [-0.39, 0.29) is 0 Å². The maximum atomic E-state index is 6.49. The summed E-state index contributed by atoms with van der Waals surface area (Å²) in [7, 11) is 0. The van der Waals surface area contributed by atoms with E-state index in [9.17, 15) is 0 Å². The largest absolute Gasteiger partial charge is 0.380 e. The minimum Gasteiger partial charge on any atom is -0.380 e. The first-order chi connectivity index (χ1) is 13.9. The second kappa shape index (κ2) is 13.8. The first-order valence-corrected chi connectivity index (χ1v) is 12.5. The molecule has 3 aliphatic heterocycles. The number of nitrogens with zero attached hydrogens (tertiary/aromatic N) is 1. The van der Waals surface area contributed by atoms with Gasteiger partial charge in [0, 0.05) is 19.2 Å². The van der Waals surface area contributed by atoms with Gasteiger partial charge in [0.25, 0.3) is 0 Å². The fraction of sp³-hybridized carbons (Fsp3) is 0.920. The van der Waals surface area contributed by atoms with Crippen LogP contribution >= 0.6 is 0 Å². The zero-order valence-electron chi connectivity index (χ0n) is 18.3. The molecule has 0 aromatic rings. The van der Waals surface area contributed by atoms with E-state index in [0.717, 1.165) is 13.2 Å². The number of fused-ring (bicyclic) bond motifs is 3. The first-order valence-electron chi connectivity index (χ1n) is 12.5. The molecule has 3 heterocycles. The summed E-state index contributed by atoms with van der Waals surface area (Å²) >= 11 is 0. The molecule has 3 unspecified atom stereocenters. The maximum absolute atomic E-state index is 6.49. The summed E-state index contributed by atoms with van der Waals surface area (Å²) in [6.07, 6.45) is 26.7. The molecule has 162 valence electrons. The van der Waals surface area contributed by atoms with E-state index in [1.807, 2.05) is 0 Å². The summed E-state index contributed by atoms with van der Waals surface area (Å²) < 4.78 is 12.6. The van der Waals surface area contributed by atoms with Gasteiger partial charge < -0.3 is 9.47 Å². The van der Waals surface area contributed by atoms with Crippen LogP contribution in [0.4, 0.5) is 0 Å². The van der Waals surface area contributed by atoms with Gasteiger partial charge in [-0.05, 0) is 83.6 Å². The van der Waals surface area contributed by atoms with E-state index < -0.39 is 0 Å². The normalized spacial score (nSPS) is 33.5. The Labute approximate surface area is 174 Å². The third-order valence-electron chi connectivity index (χ3n) is 6.96. The van der Waals surface area contributed by atoms with Gasteiger partial charge in [0.15, 0.2) is 0 Å². The lowest BCUT2D eigenvalue weighted by atomic mass is 9.97. The van der Waals surface area contributed by atoms with E-state index in [1.165, 1.54) is 116 Å². The number of allylic oxidation sites excluding steroid dienone is 2. The Hall–Kier alpha value is -0.380. The Bertz CT molecular complexity index is 425. The van der Waals surface area contributed by atoms with Crippen LogP contribution in [0.5, 0.6) is 0 Å². The topological polar surface area (TPSA) is 21.7 Å². The molecule has 0 N–H and O–H groups in total. The summed E-state index contributed by atoms with van der Waals surface area (Å²) in [6.45, 7) is 4.36. The van der Waals surface area contributed by atoms with Crippen molar-refractivity contribution in [3.05, 3.63) is 12.2 Å². The Balaban J connectivity index is 1.47. The van der Waals surface area contributed by atoms with E-state index >= 15 is 0 Å². The van der Waals surface area contributed by atoms with Gasteiger partial charge in [0.05, 0.1) is 18.8 Å². The van der Waals surface area contributed by atoms with Crippen LogP contribution < -0.4 is 0 Å². The molecule has 0 spiro atoms. The third-order valence-corrected chi connectivity index (χ3v) is 6.96. The molecule has 3 rings (SSSR count). The van der Waals surface area contributed by atoms with Crippen LogP contribution in [0.25, 0.3) is 0 Å². The lowest BCUT2D eigenvalue weighted by Gasteiger charge is -2.37. The molecule has 2 saturated heterocycles. The Morgan fingerprint density at radius 3 is 2.21 bits per heavy atom. The molecule has 3 aliphatic rings. The number of rotatable bonds is 0. The van der Waals surface area contributed by atoms with Crippen LogP contribution in [-0.2, 0) is 9.47 Å². The highest BCUT2D eigenvalue weighted by atomic mass is 16.5. The fourth-order valence-electron chi connectivity index (χ4n) is 5.17. The van der Waals surface area contributed by atoms with Crippen molar-refractivity contribution in [1.29, 1.82) is 0 Å². The van der Waals surface area contributed by atoms with Crippen LogP contribution in [0.3, 0.4) is 0 Å². The average Bonchev–Trinajstić information content (AvgIpc) is 2.73. The molecular weight excluding hydrogens is 346 g/mol. The first kappa shape index (κ1) is 22.3. The van der Waals surface area contributed by atoms with Crippen LogP contribution in [-0.4, -0.2) is 49.5 Å². The molecule has 2 fully saturated rings. The number of ether oxygens (including phenoxy) is 2. The number of hydrogen-bond donors (Lipinski definition) is 0. The standard InChI is InChI=1S/C25H45NO2/c1-2-4-6-8-12-21-27-22-23-14-10-11-19-26(23)20-18-25-17-13-16-24(28-25)15-9-7-5-3-1/h1,3,23-25H,2,4-22H2. The summed E-state index contributed by atoms with van der Waals surface area (Å²) in [4.78, 5) is 2.71. The van der Waals surface area contributed by atoms with Crippen LogP contribution in [0.1, 0.15) is 103 Å². The van der Waals surface area contributed by atoms with Crippen molar-refractivity contribution < 1.29 is 9.47 Å². The van der Waals surface area contributed by atoms with Gasteiger partial charge in [0.1, 0.15) is 0 Å². The Morgan fingerprint density at radius 1 is 0.607 bits per heavy atom. The van der Waals surface area contributed by atoms with Crippen molar-refractivity contribution in [2.45, 2.75) is 121 Å². The molecule has 2 bridgehead atoms. The minimum atomic E-state index is 0.497. The second-order valence-corrected chi connectivity index (χ2v) is 9.32. The van der Waals surface area contributed by atoms with Crippen molar-refractivity contribution in [1.82, 2.24) is 4.90 Å². The molecule has 0 aliphatic carbocycles. The quantitative estimate of drug-likeness (QED) is 0.454. The molecule has 0 amide bonds. The highest BCUT2D eigenvalue weighted by Crippen LogP contribution is 2.26. The van der Waals surface area contributed by atoms with Gasteiger partial charge in [-0.15, -0.1) is 0 Å². The molecule has 28 heavy (non-hydrogen) atoms. The van der Waals surface area contributed by atoms with Gasteiger partial charge in [-0.25, -0.2) is 0 Å². The van der Waals surface area contributed by atoms with Gasteiger partial charge in [-0.2, -0.15) is 0 Å². The van der Waals surface area contributed by atoms with Gasteiger partial charge in [-0.3, -0.25) is 4.90 Å². The number of hydrogen-bond acceptors (Lipinski definition) is 3. The summed E-state index contributed by atoms with van der Waals surface area (Å²) in [5, 5.41) is 0. The van der Waals surface area contributed by atoms with Gasteiger partial charge in [0.2, 0.25) is 0 Å². The van der Waals surface area contributed by atoms with Gasteiger partial charge >= 0.3 is 0 Å². The monoisotopic (exact) mass is 391 g/mol. The molecule has 0 radical (unpaired) electrons. The fourth-order valence-corrected chi connectivity index (χ4v) is 5.17. The van der Waals surface area contributed by atoms with E-state index in [1.54, 1.807) is 0 Å². The molecule has 3 atom stereocenters. The molecule has 0 aromatic heterocycles. The van der Waals surface area contributed by atoms with Crippen LogP contribution in [0.15, 0.2) is 12.2 Å². The predicted molar refractivity (Wildman–Crippen MR) is 118 cm³/mol. The van der Waals surface area contributed by atoms with E-state index in [0.29, 0.717) is 18.2 Å². The van der Waals surface area contributed by atoms with E-state index in [4.69, 9.17) is 9.47 Å². The zero-order chi connectivity index (χ0) is 19.3. The molecule has 3 nitrogen and oxygen atoms in total. The lowest BCUT2D eigenvalue weighted by Crippen LogP contribution is -2.44. The SMILES string of the molecule is C1=CCCCCC2CCCC(CCN3CCCCC3COCCCCCC1)O2. The molecule has 3 heteroatoms. The van der Waals surface area contributed by atoms with E-state index in [2.05, 4.69) is 17.1 Å².